The second-order valence-corrected chi connectivity index (χ2v) is 11.7. The summed E-state index contributed by atoms with van der Waals surface area (Å²) in [6.07, 6.45) is -11.2. The number of aliphatic hydroxyl groups excluding tert-OH is 1. The summed E-state index contributed by atoms with van der Waals surface area (Å²) in [6, 6.07) is 4.99. The maximum atomic E-state index is 13.5. The molecule has 0 bridgehead atoms. The number of phenols is 12. The summed E-state index contributed by atoms with van der Waals surface area (Å²) in [4.78, 5) is 53.1. The summed E-state index contributed by atoms with van der Waals surface area (Å²) >= 11 is 0. The van der Waals surface area contributed by atoms with Crippen LogP contribution in [0.1, 0.15) is 41.4 Å². The van der Waals surface area contributed by atoms with Gasteiger partial charge in [0.15, 0.2) is 93.6 Å². The van der Waals surface area contributed by atoms with Gasteiger partial charge in [-0.15, -0.1) is 0 Å². The first-order valence-corrected chi connectivity index (χ1v) is 15.4. The third-order valence-electron chi connectivity index (χ3n) is 7.94. The standard InChI is InChI=1S/C34H28O22/c35-14-1-10(2-15(36)23(14)43)30(47)52-9-22-27(54-31(48)11-3-16(37)24(44)17(38)4-11)28(55-32(49)12-5-18(39)25(45)19(40)6-12)29(34(51)53-22)56-33(50)13-7-20(41)26(46)21(42)8-13/h1-8,22,27-29,34-46,51H,9H2/t22?,27-,28?,29-,34-/m1/s1. The lowest BCUT2D eigenvalue weighted by Gasteiger charge is -2.42. The molecule has 1 aliphatic rings. The van der Waals surface area contributed by atoms with Crippen LogP contribution in [0.4, 0.5) is 0 Å². The summed E-state index contributed by atoms with van der Waals surface area (Å²) in [5.74, 6) is -18.2. The van der Waals surface area contributed by atoms with E-state index in [0.29, 0.717) is 48.5 Å². The zero-order valence-corrected chi connectivity index (χ0v) is 27.7. The van der Waals surface area contributed by atoms with E-state index in [1.807, 2.05) is 0 Å². The Morgan fingerprint density at radius 1 is 0.429 bits per heavy atom. The number of benzene rings is 4. The van der Waals surface area contributed by atoms with Crippen LogP contribution < -0.4 is 0 Å². The van der Waals surface area contributed by atoms with Gasteiger partial charge in [0, 0.05) is 0 Å². The lowest BCUT2D eigenvalue weighted by Crippen LogP contribution is -2.62. The highest BCUT2D eigenvalue weighted by molar-refractivity contribution is 5.93. The van der Waals surface area contributed by atoms with E-state index in [-0.39, 0.29) is 0 Å². The molecule has 1 saturated heterocycles. The molecule has 0 amide bonds. The molecule has 1 aliphatic heterocycles. The van der Waals surface area contributed by atoms with E-state index in [1.165, 1.54) is 0 Å². The fraction of sp³-hybridized carbons (Fsp3) is 0.176. The van der Waals surface area contributed by atoms with Gasteiger partial charge in [0.25, 0.3) is 0 Å². The van der Waals surface area contributed by atoms with Crippen molar-refractivity contribution in [2.75, 3.05) is 6.61 Å². The van der Waals surface area contributed by atoms with Gasteiger partial charge in [-0.1, -0.05) is 0 Å². The molecule has 0 radical (unpaired) electrons. The third-order valence-corrected chi connectivity index (χ3v) is 7.94. The third kappa shape index (κ3) is 7.95. The van der Waals surface area contributed by atoms with Crippen LogP contribution in [0.3, 0.4) is 0 Å². The largest absolute Gasteiger partial charge is 0.504 e. The molecule has 4 aromatic rings. The van der Waals surface area contributed by atoms with E-state index in [2.05, 4.69) is 0 Å². The van der Waals surface area contributed by atoms with Crippen molar-refractivity contribution in [3.05, 3.63) is 70.8 Å². The second-order valence-electron chi connectivity index (χ2n) is 11.7. The molecule has 5 atom stereocenters. The zero-order chi connectivity index (χ0) is 41.3. The monoisotopic (exact) mass is 788 g/mol. The number of phenolic OH excluding ortho intramolecular Hbond substituents is 12. The highest BCUT2D eigenvalue weighted by Gasteiger charge is 2.53. The number of ether oxygens (including phenoxy) is 5. The summed E-state index contributed by atoms with van der Waals surface area (Å²) in [5, 5.41) is 129. The number of carbonyl (C=O) groups is 4. The fourth-order valence-electron chi connectivity index (χ4n) is 5.14. The average molecular weight is 789 g/mol. The minimum Gasteiger partial charge on any atom is -0.504 e. The molecule has 13 N–H and O–H groups in total. The maximum absolute atomic E-state index is 13.5. The quantitative estimate of drug-likeness (QED) is 0.0630. The van der Waals surface area contributed by atoms with E-state index in [4.69, 9.17) is 23.7 Å². The molecule has 296 valence electrons. The summed E-state index contributed by atoms with van der Waals surface area (Å²) in [7, 11) is 0. The predicted molar refractivity (Wildman–Crippen MR) is 175 cm³/mol. The van der Waals surface area contributed by atoms with Crippen molar-refractivity contribution in [3.8, 4) is 69.0 Å². The van der Waals surface area contributed by atoms with Crippen molar-refractivity contribution < 1.29 is 109 Å². The van der Waals surface area contributed by atoms with E-state index in [1.54, 1.807) is 0 Å². The van der Waals surface area contributed by atoms with E-state index < -0.39 is 152 Å². The molecule has 0 saturated carbocycles. The SMILES string of the molecule is O=C(OCC1O[C@@H](O)[C@H](OC(=O)c2cc(O)c(O)c(O)c2)C(OC(=O)c2cc(O)c(O)c(O)c2)[C@@H]1OC(=O)c1cc(O)c(O)c(O)c1)c1cc(O)c(O)c(O)c1. The fourth-order valence-corrected chi connectivity index (χ4v) is 5.14. The van der Waals surface area contributed by atoms with Crippen molar-refractivity contribution >= 4 is 23.9 Å². The Balaban J connectivity index is 1.57. The average Bonchev–Trinajstić information content (AvgIpc) is 3.14. The highest BCUT2D eigenvalue weighted by atomic mass is 16.7. The van der Waals surface area contributed by atoms with Gasteiger partial charge in [0.1, 0.15) is 12.7 Å². The maximum Gasteiger partial charge on any atom is 0.339 e. The first kappa shape index (κ1) is 39.5. The molecule has 22 nitrogen and oxygen atoms in total. The Hall–Kier alpha value is -7.72. The molecule has 0 spiro atoms. The van der Waals surface area contributed by atoms with E-state index in [9.17, 15) is 85.6 Å². The minimum atomic E-state index is -2.43. The Labute approximate surface area is 310 Å². The second kappa shape index (κ2) is 15.3. The topological polar surface area (TPSA) is 377 Å². The normalized spacial score (nSPS) is 19.1. The van der Waals surface area contributed by atoms with Crippen molar-refractivity contribution in [2.45, 2.75) is 30.7 Å². The molecular weight excluding hydrogens is 760 g/mol. The van der Waals surface area contributed by atoms with Gasteiger partial charge < -0.3 is 90.1 Å². The lowest BCUT2D eigenvalue weighted by atomic mass is 9.97. The summed E-state index contributed by atoms with van der Waals surface area (Å²) in [6.45, 7) is -1.09. The summed E-state index contributed by atoms with van der Waals surface area (Å²) in [5.41, 5.74) is -2.68. The molecule has 1 fully saturated rings. The molecule has 22 heteroatoms. The number of aliphatic hydroxyl groups is 1. The molecule has 1 heterocycles. The van der Waals surface area contributed by atoms with Gasteiger partial charge in [0.2, 0.25) is 0 Å². The number of aromatic hydroxyl groups is 12. The van der Waals surface area contributed by atoms with E-state index >= 15 is 0 Å². The van der Waals surface area contributed by atoms with Gasteiger partial charge >= 0.3 is 23.9 Å². The molecule has 2 unspecified atom stereocenters. The Morgan fingerprint density at radius 3 is 1.02 bits per heavy atom. The first-order chi connectivity index (χ1) is 26.3. The van der Waals surface area contributed by atoms with Crippen LogP contribution in [-0.2, 0) is 23.7 Å². The van der Waals surface area contributed by atoms with Gasteiger partial charge in [0.05, 0.1) is 22.3 Å². The van der Waals surface area contributed by atoms with Crippen LogP contribution in [0.2, 0.25) is 0 Å². The smallest absolute Gasteiger partial charge is 0.339 e. The number of hydrogen-bond acceptors (Lipinski definition) is 22. The van der Waals surface area contributed by atoms with Crippen molar-refractivity contribution in [1.82, 2.24) is 0 Å². The van der Waals surface area contributed by atoms with Crippen LogP contribution in [0, 0.1) is 0 Å². The number of rotatable bonds is 9. The van der Waals surface area contributed by atoms with E-state index in [0.717, 1.165) is 0 Å². The van der Waals surface area contributed by atoms with Crippen LogP contribution >= 0.6 is 0 Å². The van der Waals surface area contributed by atoms with Crippen LogP contribution in [-0.4, -0.2) is 128 Å². The van der Waals surface area contributed by atoms with Crippen LogP contribution in [0.25, 0.3) is 0 Å². The Morgan fingerprint density at radius 2 is 0.696 bits per heavy atom. The summed E-state index contributed by atoms with van der Waals surface area (Å²) < 4.78 is 26.8. The number of esters is 4. The molecule has 56 heavy (non-hydrogen) atoms. The number of carbonyl (C=O) groups excluding carboxylic acids is 4. The van der Waals surface area contributed by atoms with Gasteiger partial charge in [-0.05, 0) is 48.5 Å². The Bertz CT molecular complexity index is 2140. The predicted octanol–water partition coefficient (Wildman–Crippen LogP) is 0.705. The first-order valence-electron chi connectivity index (χ1n) is 15.4. The molecule has 4 aromatic carbocycles. The van der Waals surface area contributed by atoms with Gasteiger partial charge in [-0.25, -0.2) is 19.2 Å². The van der Waals surface area contributed by atoms with Crippen LogP contribution in [0.5, 0.6) is 69.0 Å². The van der Waals surface area contributed by atoms with Crippen molar-refractivity contribution in [2.24, 2.45) is 0 Å². The van der Waals surface area contributed by atoms with Gasteiger partial charge in [-0.2, -0.15) is 0 Å². The van der Waals surface area contributed by atoms with Gasteiger partial charge in [-0.3, -0.25) is 0 Å². The van der Waals surface area contributed by atoms with Crippen molar-refractivity contribution in [1.29, 1.82) is 0 Å². The molecule has 0 aliphatic carbocycles. The molecule has 0 aromatic heterocycles. The minimum absolute atomic E-state index is 0.570. The highest BCUT2D eigenvalue weighted by Crippen LogP contribution is 2.40. The number of hydrogen-bond donors (Lipinski definition) is 13. The lowest BCUT2D eigenvalue weighted by molar-refractivity contribution is -0.284. The van der Waals surface area contributed by atoms with Crippen LogP contribution in [0.15, 0.2) is 48.5 Å². The van der Waals surface area contributed by atoms with Crippen molar-refractivity contribution in [3.63, 3.8) is 0 Å². The molecule has 5 rings (SSSR count). The Kier molecular flexibility index (Phi) is 10.8. The molecular formula is C34H28O22. The zero-order valence-electron chi connectivity index (χ0n) is 27.7.